The van der Waals surface area contributed by atoms with E-state index in [1.54, 1.807) is 6.20 Å². The molecule has 1 aromatic rings. The van der Waals surface area contributed by atoms with Gasteiger partial charge >= 0.3 is 0 Å². The van der Waals surface area contributed by atoms with E-state index in [4.69, 9.17) is 5.11 Å². The maximum absolute atomic E-state index is 12.6. The minimum Gasteiger partial charge on any atom is -0.396 e. The van der Waals surface area contributed by atoms with Crippen molar-refractivity contribution in [3.05, 3.63) is 29.8 Å². The molecule has 1 heterocycles. The number of halogens is 1. The third kappa shape index (κ3) is 3.96. The Hall–Kier alpha value is -1.00. The van der Waals surface area contributed by atoms with Crippen molar-refractivity contribution in [2.75, 3.05) is 13.2 Å². The van der Waals surface area contributed by atoms with Crippen LogP contribution in [0, 0.1) is 5.82 Å². The number of rotatable bonds is 5. The van der Waals surface area contributed by atoms with E-state index in [2.05, 4.69) is 10.3 Å². The number of hydrogen-bond acceptors (Lipinski definition) is 3. The van der Waals surface area contributed by atoms with Crippen LogP contribution in [0.2, 0.25) is 0 Å². The van der Waals surface area contributed by atoms with Crippen molar-refractivity contribution in [3.8, 4) is 0 Å². The van der Waals surface area contributed by atoms with E-state index in [1.165, 1.54) is 12.3 Å². The van der Waals surface area contributed by atoms with Crippen molar-refractivity contribution < 1.29 is 9.50 Å². The Labute approximate surface area is 76.6 Å². The molecule has 0 aliphatic heterocycles. The molecule has 0 bridgehead atoms. The van der Waals surface area contributed by atoms with Crippen LogP contribution in [0.15, 0.2) is 18.5 Å². The van der Waals surface area contributed by atoms with E-state index >= 15 is 0 Å². The van der Waals surface area contributed by atoms with Gasteiger partial charge in [-0.25, -0.2) is 4.39 Å². The number of nitrogens with one attached hydrogen (secondary N) is 1. The second kappa shape index (κ2) is 5.61. The Morgan fingerprint density at radius 2 is 2.31 bits per heavy atom. The van der Waals surface area contributed by atoms with Crippen LogP contribution in [0.3, 0.4) is 0 Å². The van der Waals surface area contributed by atoms with Gasteiger partial charge in [0.25, 0.3) is 0 Å². The molecule has 72 valence electrons. The number of hydrogen-bond donors (Lipinski definition) is 2. The normalized spacial score (nSPS) is 10.3. The van der Waals surface area contributed by atoms with Crippen molar-refractivity contribution in [1.82, 2.24) is 10.3 Å². The summed E-state index contributed by atoms with van der Waals surface area (Å²) < 4.78 is 12.6. The highest BCUT2D eigenvalue weighted by atomic mass is 19.1. The molecule has 0 amide bonds. The maximum Gasteiger partial charge on any atom is 0.141 e. The zero-order chi connectivity index (χ0) is 9.52. The third-order valence-corrected chi connectivity index (χ3v) is 1.60. The number of nitrogens with zero attached hydrogens (tertiary/aromatic N) is 1. The van der Waals surface area contributed by atoms with E-state index in [-0.39, 0.29) is 12.4 Å². The molecule has 0 fully saturated rings. The van der Waals surface area contributed by atoms with Gasteiger partial charge in [-0.3, -0.25) is 4.98 Å². The minimum atomic E-state index is -0.318. The highest BCUT2D eigenvalue weighted by Crippen LogP contribution is 1.99. The van der Waals surface area contributed by atoms with E-state index < -0.39 is 0 Å². The molecule has 1 aromatic heterocycles. The van der Waals surface area contributed by atoms with Crippen molar-refractivity contribution in [2.24, 2.45) is 0 Å². The number of aromatic nitrogens is 1. The summed E-state index contributed by atoms with van der Waals surface area (Å²) in [6.45, 7) is 1.49. The lowest BCUT2D eigenvalue weighted by Gasteiger charge is -2.02. The summed E-state index contributed by atoms with van der Waals surface area (Å²) in [7, 11) is 0. The summed E-state index contributed by atoms with van der Waals surface area (Å²) >= 11 is 0. The van der Waals surface area contributed by atoms with Gasteiger partial charge in [0, 0.05) is 19.3 Å². The Morgan fingerprint density at radius 3 is 3.00 bits per heavy atom. The van der Waals surface area contributed by atoms with Crippen molar-refractivity contribution in [1.29, 1.82) is 0 Å². The molecular formula is C9H13FN2O. The lowest BCUT2D eigenvalue weighted by Crippen LogP contribution is -2.15. The summed E-state index contributed by atoms with van der Waals surface area (Å²) in [5.74, 6) is -0.318. The standard InChI is InChI=1S/C9H13FN2O/c10-9-4-8(6-12-7-9)5-11-2-1-3-13/h4,6-7,11,13H,1-3,5H2. The molecule has 0 spiro atoms. The largest absolute Gasteiger partial charge is 0.396 e. The lowest BCUT2D eigenvalue weighted by molar-refractivity contribution is 0.286. The number of aliphatic hydroxyl groups excluding tert-OH is 1. The lowest BCUT2D eigenvalue weighted by atomic mass is 10.3. The molecule has 2 N–H and O–H groups in total. The highest BCUT2D eigenvalue weighted by Gasteiger charge is 1.94. The molecule has 1 rings (SSSR count). The molecule has 13 heavy (non-hydrogen) atoms. The van der Waals surface area contributed by atoms with Crippen molar-refractivity contribution in [2.45, 2.75) is 13.0 Å². The molecular weight excluding hydrogens is 171 g/mol. The summed E-state index contributed by atoms with van der Waals surface area (Å²) in [6, 6.07) is 1.44. The van der Waals surface area contributed by atoms with Crippen LogP contribution in [-0.2, 0) is 6.54 Å². The van der Waals surface area contributed by atoms with Gasteiger partial charge in [0.05, 0.1) is 6.20 Å². The molecule has 0 aliphatic carbocycles. The first-order chi connectivity index (χ1) is 6.33. The van der Waals surface area contributed by atoms with Crippen molar-refractivity contribution in [3.63, 3.8) is 0 Å². The summed E-state index contributed by atoms with van der Waals surface area (Å²) in [5.41, 5.74) is 0.818. The predicted octanol–water partition coefficient (Wildman–Crippen LogP) is 0.693. The van der Waals surface area contributed by atoms with E-state index in [0.29, 0.717) is 13.0 Å². The van der Waals surface area contributed by atoms with E-state index in [0.717, 1.165) is 12.1 Å². The Morgan fingerprint density at radius 1 is 1.46 bits per heavy atom. The average Bonchev–Trinajstić information content (AvgIpc) is 2.13. The Bertz CT molecular complexity index is 255. The first-order valence-electron chi connectivity index (χ1n) is 4.24. The molecule has 0 saturated carbocycles. The third-order valence-electron chi connectivity index (χ3n) is 1.60. The van der Waals surface area contributed by atoms with Crippen LogP contribution in [-0.4, -0.2) is 23.2 Å². The monoisotopic (exact) mass is 184 g/mol. The molecule has 3 nitrogen and oxygen atoms in total. The second-order valence-electron chi connectivity index (χ2n) is 2.77. The fourth-order valence-electron chi connectivity index (χ4n) is 0.989. The van der Waals surface area contributed by atoms with Gasteiger partial charge in [0.15, 0.2) is 0 Å². The van der Waals surface area contributed by atoms with Gasteiger partial charge in [-0.15, -0.1) is 0 Å². The highest BCUT2D eigenvalue weighted by molar-refractivity contribution is 5.09. The fraction of sp³-hybridized carbons (Fsp3) is 0.444. The SMILES string of the molecule is OCCCNCc1cncc(F)c1. The zero-order valence-electron chi connectivity index (χ0n) is 7.33. The number of pyridine rings is 1. The van der Waals surface area contributed by atoms with Gasteiger partial charge in [0.1, 0.15) is 5.82 Å². The molecule has 4 heteroatoms. The van der Waals surface area contributed by atoms with Crippen LogP contribution in [0.4, 0.5) is 4.39 Å². The molecule has 0 aromatic carbocycles. The fourth-order valence-corrected chi connectivity index (χ4v) is 0.989. The van der Waals surface area contributed by atoms with Crippen LogP contribution in [0.25, 0.3) is 0 Å². The van der Waals surface area contributed by atoms with E-state index in [9.17, 15) is 4.39 Å². The first-order valence-corrected chi connectivity index (χ1v) is 4.24. The predicted molar refractivity (Wildman–Crippen MR) is 47.6 cm³/mol. The number of aliphatic hydroxyl groups is 1. The second-order valence-corrected chi connectivity index (χ2v) is 2.77. The van der Waals surface area contributed by atoms with Gasteiger partial charge in [-0.2, -0.15) is 0 Å². The first kappa shape index (κ1) is 10.1. The van der Waals surface area contributed by atoms with Gasteiger partial charge in [-0.1, -0.05) is 0 Å². The van der Waals surface area contributed by atoms with Crippen LogP contribution < -0.4 is 5.32 Å². The maximum atomic E-state index is 12.6. The molecule has 0 unspecified atom stereocenters. The molecule has 0 radical (unpaired) electrons. The Kier molecular flexibility index (Phi) is 4.35. The topological polar surface area (TPSA) is 45.1 Å². The average molecular weight is 184 g/mol. The van der Waals surface area contributed by atoms with Crippen LogP contribution in [0.5, 0.6) is 0 Å². The van der Waals surface area contributed by atoms with Gasteiger partial charge < -0.3 is 10.4 Å². The van der Waals surface area contributed by atoms with Gasteiger partial charge in [-0.05, 0) is 24.6 Å². The zero-order valence-corrected chi connectivity index (χ0v) is 7.33. The Balaban J connectivity index is 2.28. The summed E-state index contributed by atoms with van der Waals surface area (Å²) in [4.78, 5) is 3.72. The quantitative estimate of drug-likeness (QED) is 0.662. The summed E-state index contributed by atoms with van der Waals surface area (Å²) in [5, 5.41) is 11.6. The van der Waals surface area contributed by atoms with Crippen LogP contribution in [0.1, 0.15) is 12.0 Å². The molecule has 0 saturated heterocycles. The van der Waals surface area contributed by atoms with Crippen molar-refractivity contribution >= 4 is 0 Å². The van der Waals surface area contributed by atoms with E-state index in [1.807, 2.05) is 0 Å². The van der Waals surface area contributed by atoms with Crippen LogP contribution >= 0.6 is 0 Å². The minimum absolute atomic E-state index is 0.175. The van der Waals surface area contributed by atoms with Gasteiger partial charge in [0.2, 0.25) is 0 Å². The summed E-state index contributed by atoms with van der Waals surface area (Å²) in [6.07, 6.45) is 3.51. The molecule has 0 aliphatic rings. The smallest absolute Gasteiger partial charge is 0.141 e. The molecule has 0 atom stereocenters.